The van der Waals surface area contributed by atoms with Crippen LogP contribution < -0.4 is 15.2 Å². The van der Waals surface area contributed by atoms with Gasteiger partial charge in [-0.1, -0.05) is 11.6 Å². The molecule has 1 aromatic carbocycles. The highest BCUT2D eigenvalue weighted by atomic mass is 35.5. The average molecular weight is 426 g/mol. The number of thiophene rings is 1. The van der Waals surface area contributed by atoms with Crippen molar-refractivity contribution in [1.29, 1.82) is 5.41 Å². The van der Waals surface area contributed by atoms with E-state index in [2.05, 4.69) is 0 Å². The predicted octanol–water partition coefficient (Wildman–Crippen LogP) is 5.22. The molecule has 3 rings (SSSR count). The lowest BCUT2D eigenvalue weighted by Gasteiger charge is -2.10. The van der Waals surface area contributed by atoms with Gasteiger partial charge in [0.25, 0.3) is 0 Å². The molecular formula is C17H16ClN3O2S3. The van der Waals surface area contributed by atoms with Gasteiger partial charge in [0.05, 0.1) is 34.0 Å². The second-order valence-corrected chi connectivity index (χ2v) is 8.55. The molecule has 0 bridgehead atoms. The monoisotopic (exact) mass is 425 g/mol. The molecule has 0 spiro atoms. The summed E-state index contributed by atoms with van der Waals surface area (Å²) in [4.78, 5) is 5.48. The number of ether oxygens (including phenoxy) is 2. The van der Waals surface area contributed by atoms with Crippen LogP contribution in [0, 0.1) is 5.41 Å². The second kappa shape index (κ2) is 7.87. The molecule has 3 N–H and O–H groups in total. The summed E-state index contributed by atoms with van der Waals surface area (Å²) in [6, 6.07) is 5.46. The van der Waals surface area contributed by atoms with E-state index in [1.165, 1.54) is 22.7 Å². The Kier molecular flexibility index (Phi) is 5.76. The van der Waals surface area contributed by atoms with E-state index >= 15 is 0 Å². The van der Waals surface area contributed by atoms with Crippen LogP contribution in [0.3, 0.4) is 0 Å². The summed E-state index contributed by atoms with van der Waals surface area (Å²) in [7, 11) is 3.16. The van der Waals surface area contributed by atoms with E-state index in [0.717, 1.165) is 30.9 Å². The molecule has 0 atom stereocenters. The Bertz CT molecular complexity index is 968. The van der Waals surface area contributed by atoms with Gasteiger partial charge in [0.1, 0.15) is 10.8 Å². The maximum absolute atomic E-state index is 7.65. The van der Waals surface area contributed by atoms with E-state index in [1.807, 2.05) is 23.8 Å². The highest BCUT2D eigenvalue weighted by molar-refractivity contribution is 8.00. The van der Waals surface area contributed by atoms with Gasteiger partial charge in [-0.05, 0) is 18.4 Å². The molecule has 0 amide bonds. The number of aromatic nitrogens is 1. The first-order valence-electron chi connectivity index (χ1n) is 7.38. The van der Waals surface area contributed by atoms with Crippen LogP contribution in [0.2, 0.25) is 5.02 Å². The number of nitrogen functional groups attached to an aromatic ring is 1. The second-order valence-electron chi connectivity index (χ2n) is 5.15. The Balaban J connectivity index is 2.05. The van der Waals surface area contributed by atoms with Crippen molar-refractivity contribution < 1.29 is 9.47 Å². The number of amidine groups is 1. The Morgan fingerprint density at radius 3 is 2.50 bits per heavy atom. The molecule has 26 heavy (non-hydrogen) atoms. The zero-order chi connectivity index (χ0) is 18.8. The van der Waals surface area contributed by atoms with E-state index < -0.39 is 0 Å². The van der Waals surface area contributed by atoms with Crippen molar-refractivity contribution in [1.82, 2.24) is 4.98 Å². The van der Waals surface area contributed by atoms with Gasteiger partial charge in [-0.25, -0.2) is 4.98 Å². The van der Waals surface area contributed by atoms with E-state index in [0.29, 0.717) is 16.5 Å². The number of nitrogens with one attached hydrogen (secondary N) is 1. The highest BCUT2D eigenvalue weighted by Crippen LogP contribution is 2.42. The molecule has 0 unspecified atom stereocenters. The third-order valence-corrected chi connectivity index (χ3v) is 7.12. The third-order valence-electron chi connectivity index (χ3n) is 3.63. The summed E-state index contributed by atoms with van der Waals surface area (Å²) in [6.07, 6.45) is 2.00. The van der Waals surface area contributed by atoms with Crippen molar-refractivity contribution in [2.45, 2.75) is 4.21 Å². The third kappa shape index (κ3) is 3.55. The average Bonchev–Trinajstić information content (AvgIpc) is 3.27. The lowest BCUT2D eigenvalue weighted by Crippen LogP contribution is -2.08. The van der Waals surface area contributed by atoms with Crippen molar-refractivity contribution in [3.8, 4) is 33.3 Å². The standard InChI is InChI=1S/C17H16ClN3O2S3/c1-22-12-4-8(10(18)6-13(12)23-2)11-7-25-16(21-11)9-5-14(15(19)20)26-17(9)24-3/h4-7H,1-3H3,(H3,19,20). The molecule has 2 heterocycles. The fraction of sp³-hybridized carbons (Fsp3) is 0.176. The number of rotatable bonds is 6. The molecule has 136 valence electrons. The molecule has 0 fully saturated rings. The minimum absolute atomic E-state index is 0.0660. The zero-order valence-electron chi connectivity index (χ0n) is 14.3. The van der Waals surface area contributed by atoms with Gasteiger partial charge in [0.2, 0.25) is 0 Å². The van der Waals surface area contributed by atoms with Gasteiger partial charge >= 0.3 is 0 Å². The number of benzene rings is 1. The van der Waals surface area contributed by atoms with E-state index in [-0.39, 0.29) is 5.84 Å². The van der Waals surface area contributed by atoms with Crippen LogP contribution in [0.5, 0.6) is 11.5 Å². The van der Waals surface area contributed by atoms with Crippen LogP contribution in [0.15, 0.2) is 27.8 Å². The van der Waals surface area contributed by atoms with Crippen LogP contribution in [-0.2, 0) is 0 Å². The van der Waals surface area contributed by atoms with Gasteiger partial charge in [0.15, 0.2) is 11.5 Å². The van der Waals surface area contributed by atoms with Crippen molar-refractivity contribution in [2.24, 2.45) is 5.73 Å². The number of hydrogen-bond donors (Lipinski definition) is 2. The van der Waals surface area contributed by atoms with Crippen LogP contribution in [-0.4, -0.2) is 31.3 Å². The molecule has 0 aliphatic rings. The highest BCUT2D eigenvalue weighted by Gasteiger charge is 2.18. The summed E-state index contributed by atoms with van der Waals surface area (Å²) in [6.45, 7) is 0. The maximum Gasteiger partial charge on any atom is 0.162 e. The first-order chi connectivity index (χ1) is 12.5. The first-order valence-corrected chi connectivity index (χ1v) is 10.7. The number of thiazole rings is 1. The van der Waals surface area contributed by atoms with Gasteiger partial charge in [0, 0.05) is 22.6 Å². The summed E-state index contributed by atoms with van der Waals surface area (Å²) < 4.78 is 11.7. The molecule has 0 saturated carbocycles. The molecule has 5 nitrogen and oxygen atoms in total. The Hall–Kier alpha value is -1.74. The van der Waals surface area contributed by atoms with Crippen LogP contribution >= 0.6 is 46.0 Å². The van der Waals surface area contributed by atoms with Crippen LogP contribution in [0.4, 0.5) is 0 Å². The zero-order valence-corrected chi connectivity index (χ0v) is 17.5. The summed E-state index contributed by atoms with van der Waals surface area (Å²) in [5, 5.41) is 11.0. The number of thioether (sulfide) groups is 1. The normalized spacial score (nSPS) is 10.8. The minimum Gasteiger partial charge on any atom is -0.493 e. The molecule has 0 aliphatic carbocycles. The molecular weight excluding hydrogens is 410 g/mol. The van der Waals surface area contributed by atoms with Crippen molar-refractivity contribution in [3.63, 3.8) is 0 Å². The van der Waals surface area contributed by atoms with Gasteiger partial charge < -0.3 is 15.2 Å². The fourth-order valence-corrected chi connectivity index (χ4v) is 5.33. The molecule has 0 saturated heterocycles. The van der Waals surface area contributed by atoms with Gasteiger partial charge in [-0.15, -0.1) is 34.4 Å². The van der Waals surface area contributed by atoms with Gasteiger partial charge in [-0.2, -0.15) is 0 Å². The maximum atomic E-state index is 7.65. The topological polar surface area (TPSA) is 81.2 Å². The first kappa shape index (κ1) is 19.0. The fourth-order valence-electron chi connectivity index (χ4n) is 2.38. The summed E-state index contributed by atoms with van der Waals surface area (Å²) in [5.74, 6) is 1.24. The molecule has 0 radical (unpaired) electrons. The smallest absolute Gasteiger partial charge is 0.162 e. The number of methoxy groups -OCH3 is 2. The van der Waals surface area contributed by atoms with E-state index in [1.54, 1.807) is 32.0 Å². The molecule has 2 aromatic heterocycles. The Morgan fingerprint density at radius 2 is 1.88 bits per heavy atom. The number of nitrogens with two attached hydrogens (primary N) is 1. The SMILES string of the molecule is COc1cc(Cl)c(-c2csc(-c3cc(C(=N)N)sc3SC)n2)cc1OC. The minimum atomic E-state index is 0.0660. The van der Waals surface area contributed by atoms with Crippen LogP contribution in [0.25, 0.3) is 21.8 Å². The Morgan fingerprint density at radius 1 is 1.19 bits per heavy atom. The lowest BCUT2D eigenvalue weighted by molar-refractivity contribution is 0.355. The summed E-state index contributed by atoms with van der Waals surface area (Å²) >= 11 is 11.1. The van der Waals surface area contributed by atoms with Crippen LogP contribution in [0.1, 0.15) is 4.88 Å². The molecule has 0 aliphatic heterocycles. The Labute approximate surface area is 168 Å². The van der Waals surface area contributed by atoms with Crippen molar-refractivity contribution >= 4 is 51.9 Å². The number of nitrogens with zero attached hydrogens (tertiary/aromatic N) is 1. The van der Waals surface area contributed by atoms with Gasteiger partial charge in [-0.3, -0.25) is 5.41 Å². The van der Waals surface area contributed by atoms with Crippen molar-refractivity contribution in [3.05, 3.63) is 33.5 Å². The number of hydrogen-bond acceptors (Lipinski definition) is 7. The quantitative estimate of drug-likeness (QED) is 0.321. The van der Waals surface area contributed by atoms with E-state index in [9.17, 15) is 0 Å². The summed E-state index contributed by atoms with van der Waals surface area (Å²) in [5.41, 5.74) is 8.15. The number of halogens is 1. The predicted molar refractivity (Wildman–Crippen MR) is 112 cm³/mol. The largest absolute Gasteiger partial charge is 0.493 e. The molecule has 3 aromatic rings. The van der Waals surface area contributed by atoms with Crippen molar-refractivity contribution in [2.75, 3.05) is 20.5 Å². The molecule has 9 heteroatoms. The lowest BCUT2D eigenvalue weighted by atomic mass is 10.1. The van der Waals surface area contributed by atoms with E-state index in [4.69, 9.17) is 37.2 Å².